The fraction of sp³-hybridized carbons (Fsp3) is 0.467. The summed E-state index contributed by atoms with van der Waals surface area (Å²) in [5, 5.41) is 59.2. The molecule has 1 amide bonds. The smallest absolute Gasteiger partial charge is 0.247 e. The minimum absolute atomic E-state index is 0.124. The topological polar surface area (TPSA) is 215 Å². The maximum atomic E-state index is 13.5. The Morgan fingerprint density at radius 1 is 1.04 bits per heavy atom. The molecule has 2 aromatic rings. The third kappa shape index (κ3) is 7.12. The van der Waals surface area contributed by atoms with Crippen molar-refractivity contribution in [1.82, 2.24) is 5.32 Å². The molecule has 2 aliphatic heterocycles. The van der Waals surface area contributed by atoms with E-state index in [9.17, 15) is 34.7 Å². The number of nitrogens with zero attached hydrogens (tertiary/aromatic N) is 1. The van der Waals surface area contributed by atoms with Gasteiger partial charge in [-0.25, -0.2) is 4.39 Å². The second-order valence-electron chi connectivity index (χ2n) is 11.2. The third-order valence-corrected chi connectivity index (χ3v) is 8.36. The molecule has 16 heteroatoms. The number of rotatable bonds is 9. The number of carbonyl (C=O) groups excluding carboxylic acids is 1. The standard InChI is InChI=1S/C30H35ClFN3O11/c1-12(29(41)34-20-21(36)23(38)28-27(22(20)37)42-11-43-28)7-14-3-6-19(18(33)8-14)45-30-25(40)24(39)26(46-30)13(2)35-44-10-15-9-16(32)4-5-17(15)31/h3-9,20-28,30,36-40H,10-11,33H2,1-2H3,(H,34,41)/t20-,21+,22-,23-,24+,25+,26-,27+,28-,30-/m1/s1. The Hall–Kier alpha value is -3.38. The lowest BCUT2D eigenvalue weighted by Crippen LogP contribution is -2.67. The molecule has 0 aromatic heterocycles. The van der Waals surface area contributed by atoms with E-state index in [2.05, 4.69) is 10.5 Å². The average molecular weight is 668 g/mol. The Bertz CT molecular complexity index is 1500. The predicted molar refractivity (Wildman–Crippen MR) is 160 cm³/mol. The highest BCUT2D eigenvalue weighted by atomic mass is 35.5. The summed E-state index contributed by atoms with van der Waals surface area (Å²) in [6, 6.07) is 7.16. The number of aliphatic hydroxyl groups is 5. The van der Waals surface area contributed by atoms with Gasteiger partial charge in [0.25, 0.3) is 0 Å². The van der Waals surface area contributed by atoms with E-state index < -0.39 is 72.9 Å². The molecule has 8 N–H and O–H groups in total. The summed E-state index contributed by atoms with van der Waals surface area (Å²) in [5.41, 5.74) is 7.54. The van der Waals surface area contributed by atoms with Crippen LogP contribution >= 0.6 is 11.6 Å². The van der Waals surface area contributed by atoms with Gasteiger partial charge in [-0.3, -0.25) is 4.79 Å². The second-order valence-corrected chi connectivity index (χ2v) is 11.6. The lowest BCUT2D eigenvalue weighted by atomic mass is 9.83. The highest BCUT2D eigenvalue weighted by Crippen LogP contribution is 2.32. The van der Waals surface area contributed by atoms with Crippen molar-refractivity contribution in [3.05, 3.63) is 63.9 Å². The number of aliphatic hydroxyl groups excluding tert-OH is 5. The van der Waals surface area contributed by atoms with Gasteiger partial charge in [0.05, 0.1) is 17.4 Å². The number of halogens is 2. The van der Waals surface area contributed by atoms with Gasteiger partial charge in [-0.2, -0.15) is 0 Å². The van der Waals surface area contributed by atoms with Crippen molar-refractivity contribution >= 4 is 35.0 Å². The van der Waals surface area contributed by atoms with Crippen molar-refractivity contribution in [3.8, 4) is 5.75 Å². The summed E-state index contributed by atoms with van der Waals surface area (Å²) in [4.78, 5) is 18.1. The molecule has 250 valence electrons. The van der Waals surface area contributed by atoms with Crippen molar-refractivity contribution in [3.63, 3.8) is 0 Å². The van der Waals surface area contributed by atoms with E-state index >= 15 is 0 Å². The van der Waals surface area contributed by atoms with Crippen molar-refractivity contribution in [1.29, 1.82) is 0 Å². The van der Waals surface area contributed by atoms with Crippen LogP contribution in [0.1, 0.15) is 25.0 Å². The zero-order valence-electron chi connectivity index (χ0n) is 24.7. The minimum atomic E-state index is -1.49. The maximum Gasteiger partial charge on any atom is 0.247 e. The van der Waals surface area contributed by atoms with Gasteiger partial charge in [0, 0.05) is 16.2 Å². The first-order valence-corrected chi connectivity index (χ1v) is 14.7. The first-order chi connectivity index (χ1) is 21.8. The van der Waals surface area contributed by atoms with E-state index in [0.29, 0.717) is 16.1 Å². The monoisotopic (exact) mass is 667 g/mol. The van der Waals surface area contributed by atoms with E-state index in [4.69, 9.17) is 41.1 Å². The normalized spacial score (nSPS) is 33.1. The summed E-state index contributed by atoms with van der Waals surface area (Å²) in [6.07, 6.45) is -9.79. The summed E-state index contributed by atoms with van der Waals surface area (Å²) < 4.78 is 35.4. The number of nitrogens with one attached hydrogen (secondary N) is 1. The highest BCUT2D eigenvalue weighted by molar-refractivity contribution is 6.31. The number of benzene rings is 2. The SMILES string of the molecule is CC(=Cc1ccc(O[C@@H]2O[C@H](C(C)=NOCc3cc(F)ccc3Cl)[C@@H](O)[C@@H]2O)c(N)c1)C(=O)N[C@@H]1[C@H](O)[C@@H](O)[C@H]2OCO[C@H]2[C@@H]1O. The van der Waals surface area contributed by atoms with Gasteiger partial charge < -0.3 is 60.4 Å². The van der Waals surface area contributed by atoms with Crippen LogP contribution in [0.3, 0.4) is 0 Å². The van der Waals surface area contributed by atoms with Gasteiger partial charge in [-0.05, 0) is 55.8 Å². The lowest BCUT2D eigenvalue weighted by molar-refractivity contribution is -0.155. The van der Waals surface area contributed by atoms with E-state index in [1.807, 2.05) is 0 Å². The largest absolute Gasteiger partial charge is 0.460 e. The van der Waals surface area contributed by atoms with Crippen molar-refractivity contribution in [2.24, 2.45) is 5.16 Å². The van der Waals surface area contributed by atoms with Crippen LogP contribution < -0.4 is 15.8 Å². The zero-order chi connectivity index (χ0) is 33.3. The van der Waals surface area contributed by atoms with Gasteiger partial charge in [0.1, 0.15) is 73.8 Å². The molecule has 46 heavy (non-hydrogen) atoms. The minimum Gasteiger partial charge on any atom is -0.460 e. The number of anilines is 1. The highest BCUT2D eigenvalue weighted by Gasteiger charge is 2.53. The van der Waals surface area contributed by atoms with Crippen LogP contribution in [0.2, 0.25) is 5.02 Å². The molecule has 0 radical (unpaired) electrons. The van der Waals surface area contributed by atoms with Crippen molar-refractivity contribution in [2.75, 3.05) is 12.5 Å². The summed E-state index contributed by atoms with van der Waals surface area (Å²) >= 11 is 6.03. The number of fused-ring (bicyclic) bond motifs is 1. The van der Waals surface area contributed by atoms with E-state index in [-0.39, 0.29) is 36.1 Å². The average Bonchev–Trinajstić information content (AvgIpc) is 3.62. The zero-order valence-corrected chi connectivity index (χ0v) is 25.5. The van der Waals surface area contributed by atoms with Crippen molar-refractivity contribution < 1.29 is 58.5 Å². The number of carbonyl (C=O) groups is 1. The quantitative estimate of drug-likeness (QED) is 0.0827. The third-order valence-electron chi connectivity index (χ3n) is 7.99. The molecule has 0 bridgehead atoms. The number of amides is 1. The molecule has 14 nitrogen and oxygen atoms in total. The number of hydrogen-bond acceptors (Lipinski definition) is 13. The van der Waals surface area contributed by atoms with Crippen molar-refractivity contribution in [2.45, 2.75) is 81.6 Å². The molecule has 0 spiro atoms. The van der Waals surface area contributed by atoms with Crippen LogP contribution in [0, 0.1) is 5.82 Å². The lowest BCUT2D eigenvalue weighted by Gasteiger charge is -2.41. The van der Waals surface area contributed by atoms with Crippen LogP contribution in [0.25, 0.3) is 6.08 Å². The summed E-state index contributed by atoms with van der Waals surface area (Å²) in [5.74, 6) is -0.982. The first kappa shape index (κ1) is 34.0. The van der Waals surface area contributed by atoms with Crippen LogP contribution in [0.15, 0.2) is 47.1 Å². The summed E-state index contributed by atoms with van der Waals surface area (Å²) in [6.45, 7) is 2.73. The Morgan fingerprint density at radius 3 is 2.48 bits per heavy atom. The molecule has 1 saturated carbocycles. The molecular weight excluding hydrogens is 633 g/mol. The van der Waals surface area contributed by atoms with Crippen LogP contribution in [-0.4, -0.2) is 105 Å². The molecule has 2 aromatic carbocycles. The molecule has 1 aliphatic carbocycles. The fourth-order valence-corrected chi connectivity index (χ4v) is 5.60. The number of nitrogens with two attached hydrogens (primary N) is 1. The first-order valence-electron chi connectivity index (χ1n) is 14.3. The Morgan fingerprint density at radius 2 is 1.76 bits per heavy atom. The van der Waals surface area contributed by atoms with Crippen LogP contribution in [-0.2, 0) is 30.4 Å². The van der Waals surface area contributed by atoms with Gasteiger partial charge in [0.2, 0.25) is 12.2 Å². The number of ether oxygens (including phenoxy) is 4. The summed E-state index contributed by atoms with van der Waals surface area (Å²) in [7, 11) is 0. The Kier molecular flexibility index (Phi) is 10.5. The number of hydrogen-bond donors (Lipinski definition) is 7. The molecule has 3 fully saturated rings. The molecule has 2 heterocycles. The van der Waals surface area contributed by atoms with E-state index in [1.54, 1.807) is 6.07 Å². The predicted octanol–water partition coefficient (Wildman–Crippen LogP) is 0.205. The Labute approximate surface area is 267 Å². The van der Waals surface area contributed by atoms with Gasteiger partial charge >= 0.3 is 0 Å². The van der Waals surface area contributed by atoms with E-state index in [0.717, 1.165) is 0 Å². The Balaban J connectivity index is 1.18. The van der Waals surface area contributed by atoms with Gasteiger partial charge in [-0.15, -0.1) is 0 Å². The second kappa shape index (κ2) is 14.2. The van der Waals surface area contributed by atoms with E-state index in [1.165, 1.54) is 50.3 Å². The van der Waals surface area contributed by atoms with Crippen LogP contribution in [0.5, 0.6) is 5.75 Å². The van der Waals surface area contributed by atoms with Gasteiger partial charge in [-0.1, -0.05) is 22.8 Å². The molecule has 0 unspecified atom stereocenters. The molecule has 5 rings (SSSR count). The maximum absolute atomic E-state index is 13.5. The molecular formula is C30H35ClFN3O11. The molecule has 10 atom stereocenters. The van der Waals surface area contributed by atoms with Gasteiger partial charge in [0.15, 0.2) is 0 Å². The van der Waals surface area contributed by atoms with Crippen LogP contribution in [0.4, 0.5) is 10.1 Å². The number of nitrogen functional groups attached to an aromatic ring is 1. The molecule has 2 saturated heterocycles. The fourth-order valence-electron chi connectivity index (χ4n) is 5.42. The number of oxime groups is 1. The molecule has 3 aliphatic rings.